The van der Waals surface area contributed by atoms with Gasteiger partial charge in [0.2, 0.25) is 0 Å². The number of hydrogen-bond donors (Lipinski definition) is 1. The number of hydrogen-bond acceptors (Lipinski definition) is 3. The number of nitrogens with zero attached hydrogens (tertiary/aromatic N) is 2. The monoisotopic (exact) mass is 423 g/mol. The summed E-state index contributed by atoms with van der Waals surface area (Å²) in [6, 6.07) is 2.12. The van der Waals surface area contributed by atoms with Crippen LogP contribution >= 0.6 is 0 Å². The molecule has 2 aliphatic rings. The van der Waals surface area contributed by atoms with E-state index in [0.717, 1.165) is 50.8 Å². The Labute approximate surface area is 166 Å². The van der Waals surface area contributed by atoms with Crippen molar-refractivity contribution in [3.8, 4) is 0 Å². The maximum atomic E-state index is 13.1. The van der Waals surface area contributed by atoms with E-state index in [4.69, 9.17) is 5.73 Å². The predicted molar refractivity (Wildman–Crippen MR) is 99.6 cm³/mol. The number of piperazine rings is 1. The van der Waals surface area contributed by atoms with Crippen molar-refractivity contribution in [1.82, 2.24) is 4.90 Å². The van der Waals surface area contributed by atoms with Crippen molar-refractivity contribution in [1.29, 1.82) is 0 Å². The molecule has 1 heterocycles. The molecule has 0 radical (unpaired) electrons. The van der Waals surface area contributed by atoms with E-state index < -0.39 is 23.5 Å². The van der Waals surface area contributed by atoms with E-state index in [1.165, 1.54) is 0 Å². The first-order valence-corrected chi connectivity index (χ1v) is 10.0. The number of alkyl halides is 6. The minimum absolute atomic E-state index is 0.0203. The Morgan fingerprint density at radius 1 is 0.793 bits per heavy atom. The maximum absolute atomic E-state index is 13.1. The van der Waals surface area contributed by atoms with Crippen LogP contribution in [-0.4, -0.2) is 43.7 Å². The summed E-state index contributed by atoms with van der Waals surface area (Å²) in [6.45, 7) is 2.99. The van der Waals surface area contributed by atoms with Gasteiger partial charge in [0.25, 0.3) is 0 Å². The summed E-state index contributed by atoms with van der Waals surface area (Å²) in [6.07, 6.45) is -4.21. The fraction of sp³-hybridized carbons (Fsp3) is 0.700. The van der Waals surface area contributed by atoms with Gasteiger partial charge in [0.15, 0.2) is 0 Å². The van der Waals surface area contributed by atoms with Crippen LogP contribution in [0, 0.1) is 5.92 Å². The summed E-state index contributed by atoms with van der Waals surface area (Å²) in [5, 5.41) is 0. The number of rotatable bonds is 4. The van der Waals surface area contributed by atoms with Crippen molar-refractivity contribution in [3.63, 3.8) is 0 Å². The zero-order valence-corrected chi connectivity index (χ0v) is 16.2. The molecule has 29 heavy (non-hydrogen) atoms. The topological polar surface area (TPSA) is 32.5 Å². The highest BCUT2D eigenvalue weighted by molar-refractivity contribution is 5.53. The van der Waals surface area contributed by atoms with Gasteiger partial charge in [-0.25, -0.2) is 0 Å². The lowest BCUT2D eigenvalue weighted by Crippen LogP contribution is -2.47. The molecule has 164 valence electrons. The lowest BCUT2D eigenvalue weighted by molar-refractivity contribution is -0.143. The standard InChI is InChI=1S/C20H27F6N3/c21-19(22,23)15-11-16(20(24,25)26)13-18(12-15)29-9-7-28(8-10-29)6-5-14-1-3-17(27)4-2-14/h11-14,17H,1-10,27H2. The fourth-order valence-electron chi connectivity index (χ4n) is 4.19. The summed E-state index contributed by atoms with van der Waals surface area (Å²) in [5.74, 6) is 0.658. The normalized spacial score (nSPS) is 24.7. The first-order valence-electron chi connectivity index (χ1n) is 10.0. The average Bonchev–Trinajstić information content (AvgIpc) is 2.66. The molecule has 0 bridgehead atoms. The van der Waals surface area contributed by atoms with Crippen LogP contribution in [0.15, 0.2) is 18.2 Å². The third-order valence-electron chi connectivity index (χ3n) is 6.05. The van der Waals surface area contributed by atoms with Gasteiger partial charge in [-0.3, -0.25) is 4.90 Å². The molecule has 1 aliphatic carbocycles. The van der Waals surface area contributed by atoms with Crippen LogP contribution in [0.3, 0.4) is 0 Å². The van der Waals surface area contributed by atoms with Gasteiger partial charge in [-0.05, 0) is 62.8 Å². The highest BCUT2D eigenvalue weighted by Crippen LogP contribution is 2.38. The van der Waals surface area contributed by atoms with Gasteiger partial charge in [-0.1, -0.05) is 0 Å². The molecule has 1 aromatic carbocycles. The summed E-state index contributed by atoms with van der Waals surface area (Å²) in [5.41, 5.74) is 3.38. The molecule has 1 saturated carbocycles. The van der Waals surface area contributed by atoms with E-state index >= 15 is 0 Å². The van der Waals surface area contributed by atoms with Gasteiger partial charge < -0.3 is 10.6 Å². The molecule has 0 aromatic heterocycles. The largest absolute Gasteiger partial charge is 0.416 e. The fourth-order valence-corrected chi connectivity index (χ4v) is 4.19. The van der Waals surface area contributed by atoms with Crippen molar-refractivity contribution in [2.45, 2.75) is 50.5 Å². The molecule has 0 unspecified atom stereocenters. The Morgan fingerprint density at radius 3 is 1.79 bits per heavy atom. The second kappa shape index (κ2) is 8.71. The first-order chi connectivity index (χ1) is 13.5. The summed E-state index contributed by atoms with van der Waals surface area (Å²) < 4.78 is 78.4. The number of benzene rings is 1. The summed E-state index contributed by atoms with van der Waals surface area (Å²) in [4.78, 5) is 3.85. The third kappa shape index (κ3) is 6.01. The molecular weight excluding hydrogens is 396 g/mol. The lowest BCUT2D eigenvalue weighted by atomic mass is 9.84. The van der Waals surface area contributed by atoms with Crippen LogP contribution in [0.4, 0.5) is 32.0 Å². The lowest BCUT2D eigenvalue weighted by Gasteiger charge is -2.37. The van der Waals surface area contributed by atoms with Crippen LogP contribution < -0.4 is 10.6 Å². The van der Waals surface area contributed by atoms with E-state index in [1.54, 1.807) is 4.90 Å². The Balaban J connectivity index is 1.60. The van der Waals surface area contributed by atoms with Gasteiger partial charge >= 0.3 is 12.4 Å². The highest BCUT2D eigenvalue weighted by Gasteiger charge is 2.37. The zero-order chi connectivity index (χ0) is 21.2. The van der Waals surface area contributed by atoms with E-state index in [2.05, 4.69) is 4.90 Å². The van der Waals surface area contributed by atoms with Crippen LogP contribution in [0.2, 0.25) is 0 Å². The number of anilines is 1. The van der Waals surface area contributed by atoms with E-state index in [1.807, 2.05) is 0 Å². The molecule has 0 spiro atoms. The van der Waals surface area contributed by atoms with Gasteiger partial charge in [0, 0.05) is 37.9 Å². The third-order valence-corrected chi connectivity index (χ3v) is 6.05. The van der Waals surface area contributed by atoms with E-state index in [9.17, 15) is 26.3 Å². The first kappa shape index (κ1) is 22.2. The van der Waals surface area contributed by atoms with Crippen molar-refractivity contribution >= 4 is 5.69 Å². The predicted octanol–water partition coefficient (Wildman–Crippen LogP) is 4.75. The Kier molecular flexibility index (Phi) is 6.67. The molecule has 2 N–H and O–H groups in total. The summed E-state index contributed by atoms with van der Waals surface area (Å²) >= 11 is 0. The molecule has 1 saturated heterocycles. The van der Waals surface area contributed by atoms with E-state index in [0.29, 0.717) is 38.1 Å². The minimum atomic E-state index is -4.82. The zero-order valence-electron chi connectivity index (χ0n) is 16.2. The van der Waals surface area contributed by atoms with Crippen LogP contribution in [0.1, 0.15) is 43.2 Å². The molecule has 0 amide bonds. The molecule has 1 aromatic rings. The molecule has 0 atom stereocenters. The minimum Gasteiger partial charge on any atom is -0.369 e. The highest BCUT2D eigenvalue weighted by atomic mass is 19.4. The molecule has 3 nitrogen and oxygen atoms in total. The quantitative estimate of drug-likeness (QED) is 0.710. The second-order valence-corrected chi connectivity index (χ2v) is 8.16. The van der Waals surface area contributed by atoms with Crippen LogP contribution in [0.5, 0.6) is 0 Å². The number of halogens is 6. The average molecular weight is 423 g/mol. The molecule has 1 aliphatic heterocycles. The number of nitrogens with two attached hydrogens (primary N) is 1. The van der Waals surface area contributed by atoms with Gasteiger partial charge in [0.1, 0.15) is 0 Å². The van der Waals surface area contributed by atoms with Gasteiger partial charge in [0.05, 0.1) is 11.1 Å². The van der Waals surface area contributed by atoms with Crippen LogP contribution in [0.25, 0.3) is 0 Å². The maximum Gasteiger partial charge on any atom is 0.416 e. The van der Waals surface area contributed by atoms with Gasteiger partial charge in [-0.15, -0.1) is 0 Å². The van der Waals surface area contributed by atoms with Crippen molar-refractivity contribution in [3.05, 3.63) is 29.3 Å². The molecule has 9 heteroatoms. The van der Waals surface area contributed by atoms with Crippen molar-refractivity contribution in [2.24, 2.45) is 11.7 Å². The van der Waals surface area contributed by atoms with Gasteiger partial charge in [-0.2, -0.15) is 26.3 Å². The summed E-state index contributed by atoms with van der Waals surface area (Å²) in [7, 11) is 0. The smallest absolute Gasteiger partial charge is 0.369 e. The van der Waals surface area contributed by atoms with Crippen molar-refractivity contribution < 1.29 is 26.3 Å². The SMILES string of the molecule is NC1CCC(CCN2CCN(c3cc(C(F)(F)F)cc(C(F)(F)F)c3)CC2)CC1. The Morgan fingerprint density at radius 2 is 1.31 bits per heavy atom. The Bertz CT molecular complexity index is 640. The Hall–Kier alpha value is -1.48. The van der Waals surface area contributed by atoms with Crippen LogP contribution in [-0.2, 0) is 12.4 Å². The molecular formula is C20H27F6N3. The van der Waals surface area contributed by atoms with E-state index in [-0.39, 0.29) is 11.8 Å². The van der Waals surface area contributed by atoms with Crippen molar-refractivity contribution in [2.75, 3.05) is 37.6 Å². The molecule has 3 rings (SSSR count). The molecule has 2 fully saturated rings. The second-order valence-electron chi connectivity index (χ2n) is 8.16.